The minimum Gasteiger partial charge on any atom is -0.462 e. The number of hydrogen-bond donors (Lipinski definition) is 0. The number of esters is 1. The van der Waals surface area contributed by atoms with Crippen molar-refractivity contribution in [3.63, 3.8) is 0 Å². The van der Waals surface area contributed by atoms with E-state index in [0.29, 0.717) is 29.9 Å². The van der Waals surface area contributed by atoms with Gasteiger partial charge in [0, 0.05) is 5.38 Å². The van der Waals surface area contributed by atoms with Gasteiger partial charge in [0.05, 0.1) is 17.0 Å². The Morgan fingerprint density at radius 1 is 1.59 bits per heavy atom. The van der Waals surface area contributed by atoms with Crippen molar-refractivity contribution in [3.8, 4) is 0 Å². The van der Waals surface area contributed by atoms with Crippen LogP contribution in [-0.4, -0.2) is 21.6 Å². The number of hydrogen-bond acceptors (Lipinski definition) is 4. The fraction of sp³-hybridized carbons (Fsp3) is 0.455. The van der Waals surface area contributed by atoms with Gasteiger partial charge in [-0.3, -0.25) is 4.79 Å². The van der Waals surface area contributed by atoms with E-state index in [1.54, 1.807) is 12.3 Å². The van der Waals surface area contributed by atoms with Crippen LogP contribution in [-0.2, 0) is 11.2 Å². The van der Waals surface area contributed by atoms with Gasteiger partial charge in [-0.1, -0.05) is 31.9 Å². The Bertz CT molecular complexity index is 479. The molecule has 0 aromatic carbocycles. The lowest BCUT2D eigenvalue weighted by Crippen LogP contribution is -2.30. The minimum absolute atomic E-state index is 0.0145. The van der Waals surface area contributed by atoms with E-state index in [1.165, 1.54) is 11.3 Å². The van der Waals surface area contributed by atoms with Crippen LogP contribution >= 0.6 is 43.2 Å². The molecule has 0 saturated heterocycles. The fourth-order valence-corrected chi connectivity index (χ4v) is 3.93. The molecule has 0 radical (unpaired) electrons. The number of carbonyl (C=O) groups excluding carboxylic acids is 2. The van der Waals surface area contributed by atoms with Gasteiger partial charge in [-0.25, -0.2) is 4.79 Å². The van der Waals surface area contributed by atoms with Gasteiger partial charge < -0.3 is 4.74 Å². The van der Waals surface area contributed by atoms with E-state index < -0.39 is 3.23 Å². The first-order valence-corrected chi connectivity index (χ1v) is 7.64. The standard InChI is InChI=1S/C11H10Br2O3S/c1-2-16-10(15)7-5-17-8-6(7)3-4-11(12,13)9(8)14/h5H,2-4H2,1H3. The zero-order chi connectivity index (χ0) is 12.6. The highest BCUT2D eigenvalue weighted by atomic mass is 79.9. The van der Waals surface area contributed by atoms with E-state index in [1.807, 2.05) is 0 Å². The Morgan fingerprint density at radius 2 is 2.29 bits per heavy atom. The molecule has 0 N–H and O–H groups in total. The Morgan fingerprint density at radius 3 is 2.94 bits per heavy atom. The third-order valence-electron chi connectivity index (χ3n) is 2.62. The molecule has 0 atom stereocenters. The number of ketones is 1. The normalized spacial score (nSPS) is 17.7. The van der Waals surface area contributed by atoms with Crippen LogP contribution < -0.4 is 0 Å². The summed E-state index contributed by atoms with van der Waals surface area (Å²) in [6, 6.07) is 0. The second-order valence-electron chi connectivity index (χ2n) is 3.71. The predicted molar refractivity (Wildman–Crippen MR) is 73.5 cm³/mol. The lowest BCUT2D eigenvalue weighted by atomic mass is 9.95. The van der Waals surface area contributed by atoms with E-state index >= 15 is 0 Å². The summed E-state index contributed by atoms with van der Waals surface area (Å²) in [6.07, 6.45) is 1.32. The maximum Gasteiger partial charge on any atom is 0.339 e. The summed E-state index contributed by atoms with van der Waals surface area (Å²) in [5.74, 6) is -0.353. The first-order chi connectivity index (χ1) is 7.97. The van der Waals surface area contributed by atoms with E-state index in [0.717, 1.165) is 5.56 Å². The van der Waals surface area contributed by atoms with Gasteiger partial charge in [-0.2, -0.15) is 0 Å². The lowest BCUT2D eigenvalue weighted by Gasteiger charge is -2.24. The van der Waals surface area contributed by atoms with Crippen LogP contribution in [0.2, 0.25) is 0 Å². The fourth-order valence-electron chi connectivity index (χ4n) is 1.76. The monoisotopic (exact) mass is 380 g/mol. The Hall–Kier alpha value is -0.200. The van der Waals surface area contributed by atoms with Crippen molar-refractivity contribution < 1.29 is 14.3 Å². The maximum atomic E-state index is 12.1. The average Bonchev–Trinajstić information content (AvgIpc) is 2.68. The van der Waals surface area contributed by atoms with Gasteiger partial charge in [-0.05, 0) is 25.3 Å². The molecule has 0 bridgehead atoms. The molecule has 92 valence electrons. The SMILES string of the molecule is CCOC(=O)c1csc2c1CCC(Br)(Br)C2=O. The highest BCUT2D eigenvalue weighted by molar-refractivity contribution is 9.26. The summed E-state index contributed by atoms with van der Waals surface area (Å²) in [5, 5.41) is 1.71. The number of Topliss-reactive ketones (excluding diaryl/α,β-unsaturated/α-hetero) is 1. The molecule has 1 aromatic rings. The third-order valence-corrected chi connectivity index (χ3v) is 5.15. The van der Waals surface area contributed by atoms with Crippen molar-refractivity contribution in [1.82, 2.24) is 0 Å². The number of halogens is 2. The lowest BCUT2D eigenvalue weighted by molar-refractivity contribution is 0.0525. The van der Waals surface area contributed by atoms with E-state index in [2.05, 4.69) is 31.9 Å². The van der Waals surface area contributed by atoms with Crippen LogP contribution in [0, 0.1) is 0 Å². The zero-order valence-electron chi connectivity index (χ0n) is 9.09. The highest BCUT2D eigenvalue weighted by Crippen LogP contribution is 2.43. The average molecular weight is 382 g/mol. The summed E-state index contributed by atoms with van der Waals surface area (Å²) in [6.45, 7) is 2.11. The van der Waals surface area contributed by atoms with Crippen molar-refractivity contribution in [2.45, 2.75) is 23.0 Å². The van der Waals surface area contributed by atoms with Crippen LogP contribution in [0.3, 0.4) is 0 Å². The minimum atomic E-state index is -0.677. The zero-order valence-corrected chi connectivity index (χ0v) is 13.1. The summed E-state index contributed by atoms with van der Waals surface area (Å²) in [4.78, 5) is 24.4. The molecule has 1 aliphatic carbocycles. The Labute approximate surface area is 120 Å². The highest BCUT2D eigenvalue weighted by Gasteiger charge is 2.40. The maximum absolute atomic E-state index is 12.1. The number of rotatable bonds is 2. The van der Waals surface area contributed by atoms with Crippen LogP contribution in [0.25, 0.3) is 0 Å². The molecule has 0 fully saturated rings. The van der Waals surface area contributed by atoms with Crippen LogP contribution in [0.1, 0.15) is 38.9 Å². The second kappa shape index (κ2) is 4.82. The number of thiophene rings is 1. The number of fused-ring (bicyclic) bond motifs is 1. The molecular formula is C11H10Br2O3S. The molecule has 17 heavy (non-hydrogen) atoms. The molecule has 1 heterocycles. The molecule has 0 amide bonds. The molecule has 6 heteroatoms. The quantitative estimate of drug-likeness (QED) is 0.581. The first-order valence-electron chi connectivity index (χ1n) is 5.17. The molecule has 1 aliphatic rings. The topological polar surface area (TPSA) is 43.4 Å². The Balaban J connectivity index is 2.38. The summed E-state index contributed by atoms with van der Waals surface area (Å²) in [5.41, 5.74) is 1.36. The molecule has 0 saturated carbocycles. The van der Waals surface area contributed by atoms with Gasteiger partial charge in [0.25, 0.3) is 0 Å². The van der Waals surface area contributed by atoms with Crippen LogP contribution in [0.15, 0.2) is 5.38 Å². The van der Waals surface area contributed by atoms with Crippen molar-refractivity contribution in [3.05, 3.63) is 21.4 Å². The number of alkyl halides is 2. The van der Waals surface area contributed by atoms with Crippen molar-refractivity contribution >= 4 is 54.9 Å². The molecule has 1 aromatic heterocycles. The van der Waals surface area contributed by atoms with Gasteiger partial charge in [-0.15, -0.1) is 11.3 Å². The van der Waals surface area contributed by atoms with Gasteiger partial charge in [0.2, 0.25) is 0 Å². The second-order valence-corrected chi connectivity index (χ2v) is 8.36. The molecule has 0 unspecified atom stereocenters. The van der Waals surface area contributed by atoms with Gasteiger partial charge in [0.1, 0.15) is 3.23 Å². The third kappa shape index (κ3) is 2.35. The predicted octanol–water partition coefficient (Wildman–Crippen LogP) is 3.54. The van der Waals surface area contributed by atoms with Crippen molar-refractivity contribution in [2.24, 2.45) is 0 Å². The summed E-state index contributed by atoms with van der Waals surface area (Å²) in [7, 11) is 0. The van der Waals surface area contributed by atoms with Crippen molar-refractivity contribution in [1.29, 1.82) is 0 Å². The molecule has 0 aliphatic heterocycles. The molecular weight excluding hydrogens is 372 g/mol. The number of carbonyl (C=O) groups is 2. The molecule has 0 spiro atoms. The summed E-state index contributed by atoms with van der Waals surface area (Å²) < 4.78 is 4.30. The van der Waals surface area contributed by atoms with E-state index in [-0.39, 0.29) is 11.8 Å². The van der Waals surface area contributed by atoms with Gasteiger partial charge >= 0.3 is 5.97 Å². The molecule has 2 rings (SSSR count). The van der Waals surface area contributed by atoms with Crippen LogP contribution in [0.5, 0.6) is 0 Å². The number of ether oxygens (including phenoxy) is 1. The Kier molecular flexibility index (Phi) is 3.75. The smallest absolute Gasteiger partial charge is 0.339 e. The first kappa shape index (κ1) is 13.2. The van der Waals surface area contributed by atoms with E-state index in [9.17, 15) is 9.59 Å². The van der Waals surface area contributed by atoms with Gasteiger partial charge in [0.15, 0.2) is 5.78 Å². The van der Waals surface area contributed by atoms with Crippen molar-refractivity contribution in [2.75, 3.05) is 6.61 Å². The summed E-state index contributed by atoms with van der Waals surface area (Å²) >= 11 is 8.03. The van der Waals surface area contributed by atoms with E-state index in [4.69, 9.17) is 4.74 Å². The van der Waals surface area contributed by atoms with Crippen LogP contribution in [0.4, 0.5) is 0 Å². The largest absolute Gasteiger partial charge is 0.462 e. The molecule has 3 nitrogen and oxygen atoms in total.